The molecule has 0 fully saturated rings. The van der Waals surface area contributed by atoms with Crippen molar-refractivity contribution in [3.63, 3.8) is 0 Å². The van der Waals surface area contributed by atoms with Gasteiger partial charge in [-0.25, -0.2) is 4.68 Å². The average Bonchev–Trinajstić information content (AvgIpc) is 2.97. The fourth-order valence-corrected chi connectivity index (χ4v) is 2.80. The molecular formula is C16H20N6O2. The Morgan fingerprint density at radius 2 is 2.17 bits per heavy atom. The van der Waals surface area contributed by atoms with Crippen LogP contribution in [0.2, 0.25) is 0 Å². The summed E-state index contributed by atoms with van der Waals surface area (Å²) in [6, 6.07) is 3.63. The number of hydrogen-bond acceptors (Lipinski definition) is 5. The molecule has 0 saturated heterocycles. The highest BCUT2D eigenvalue weighted by atomic mass is 16.2. The van der Waals surface area contributed by atoms with Crippen molar-refractivity contribution in [2.75, 3.05) is 0 Å². The van der Waals surface area contributed by atoms with Gasteiger partial charge in [-0.3, -0.25) is 14.6 Å². The van der Waals surface area contributed by atoms with Crippen LogP contribution < -0.4 is 10.6 Å². The van der Waals surface area contributed by atoms with E-state index in [0.29, 0.717) is 19.0 Å². The summed E-state index contributed by atoms with van der Waals surface area (Å²) in [5.41, 5.74) is 1.20. The molecular weight excluding hydrogens is 308 g/mol. The second-order valence-corrected chi connectivity index (χ2v) is 6.31. The summed E-state index contributed by atoms with van der Waals surface area (Å²) in [5, 5.41) is 13.6. The molecule has 1 aliphatic heterocycles. The van der Waals surface area contributed by atoms with Gasteiger partial charge in [-0.1, -0.05) is 19.1 Å². The molecule has 2 N–H and O–H groups in total. The van der Waals surface area contributed by atoms with Crippen LogP contribution in [0.5, 0.6) is 0 Å². The molecule has 0 radical (unpaired) electrons. The second-order valence-electron chi connectivity index (χ2n) is 6.31. The number of hydrogen-bond donors (Lipinski definition) is 2. The van der Waals surface area contributed by atoms with Gasteiger partial charge in [0.15, 0.2) is 11.4 Å². The third kappa shape index (κ3) is 3.42. The van der Waals surface area contributed by atoms with Crippen molar-refractivity contribution in [3.8, 4) is 0 Å². The van der Waals surface area contributed by atoms with Crippen LogP contribution in [-0.4, -0.2) is 37.8 Å². The first-order chi connectivity index (χ1) is 11.5. The van der Waals surface area contributed by atoms with E-state index in [4.69, 9.17) is 0 Å². The fraction of sp³-hybridized carbons (Fsp3) is 0.438. The van der Waals surface area contributed by atoms with Crippen LogP contribution in [0.1, 0.15) is 46.8 Å². The van der Waals surface area contributed by atoms with E-state index in [1.165, 1.54) is 4.68 Å². The molecule has 126 valence electrons. The Kier molecular flexibility index (Phi) is 4.54. The van der Waals surface area contributed by atoms with E-state index in [2.05, 4.69) is 39.8 Å². The van der Waals surface area contributed by atoms with Crippen LogP contribution in [0.15, 0.2) is 24.5 Å². The zero-order valence-corrected chi connectivity index (χ0v) is 13.7. The van der Waals surface area contributed by atoms with Gasteiger partial charge in [0.25, 0.3) is 11.8 Å². The Morgan fingerprint density at radius 3 is 2.88 bits per heavy atom. The molecule has 2 amide bonds. The van der Waals surface area contributed by atoms with E-state index in [-0.39, 0.29) is 23.3 Å². The van der Waals surface area contributed by atoms with Crippen LogP contribution in [0.25, 0.3) is 0 Å². The number of amides is 2. The van der Waals surface area contributed by atoms with Crippen molar-refractivity contribution in [2.45, 2.75) is 39.4 Å². The van der Waals surface area contributed by atoms with Gasteiger partial charge >= 0.3 is 0 Å². The first kappa shape index (κ1) is 16.1. The molecule has 1 atom stereocenters. The number of carbonyl (C=O) groups is 2. The van der Waals surface area contributed by atoms with E-state index >= 15 is 0 Å². The molecule has 2 aromatic heterocycles. The minimum Gasteiger partial charge on any atom is -0.346 e. The van der Waals surface area contributed by atoms with Gasteiger partial charge in [-0.15, -0.1) is 5.10 Å². The Hall–Kier alpha value is -2.77. The smallest absolute Gasteiger partial charge is 0.274 e. The quantitative estimate of drug-likeness (QED) is 0.844. The highest BCUT2D eigenvalue weighted by Gasteiger charge is 2.32. The molecule has 2 aromatic rings. The molecule has 1 aliphatic rings. The third-order valence-electron chi connectivity index (χ3n) is 3.85. The van der Waals surface area contributed by atoms with E-state index in [0.717, 1.165) is 12.0 Å². The van der Waals surface area contributed by atoms with E-state index in [9.17, 15) is 9.59 Å². The summed E-state index contributed by atoms with van der Waals surface area (Å²) < 4.78 is 1.52. The number of carbonyl (C=O) groups excluding carboxylic acids is 2. The number of pyridine rings is 1. The minimum absolute atomic E-state index is 0.0134. The molecule has 0 spiro atoms. The lowest BCUT2D eigenvalue weighted by molar-refractivity contribution is 0.0870. The summed E-state index contributed by atoms with van der Waals surface area (Å²) in [5.74, 6) is -0.250. The largest absolute Gasteiger partial charge is 0.346 e. The average molecular weight is 328 g/mol. The SMILES string of the molecule is CC(C)C[C@H]1Cn2nnc(C(=O)NCc3ccncc3)c2C(=O)N1. The molecule has 0 aromatic carbocycles. The van der Waals surface area contributed by atoms with E-state index in [1.807, 2.05) is 12.1 Å². The molecule has 0 bridgehead atoms. The predicted octanol–water partition coefficient (Wildman–Crippen LogP) is 0.761. The highest BCUT2D eigenvalue weighted by molar-refractivity contribution is 6.05. The van der Waals surface area contributed by atoms with Crippen LogP contribution in [-0.2, 0) is 13.1 Å². The van der Waals surface area contributed by atoms with Crippen LogP contribution in [0.3, 0.4) is 0 Å². The van der Waals surface area contributed by atoms with E-state index in [1.54, 1.807) is 12.4 Å². The lowest BCUT2D eigenvalue weighted by Crippen LogP contribution is -2.46. The monoisotopic (exact) mass is 328 g/mol. The van der Waals surface area contributed by atoms with Crippen LogP contribution >= 0.6 is 0 Å². The second kappa shape index (κ2) is 6.77. The Bertz CT molecular complexity index is 740. The van der Waals surface area contributed by atoms with Crippen LogP contribution in [0.4, 0.5) is 0 Å². The van der Waals surface area contributed by atoms with Crippen molar-refractivity contribution < 1.29 is 9.59 Å². The lowest BCUT2D eigenvalue weighted by atomic mass is 10.0. The maximum absolute atomic E-state index is 12.3. The van der Waals surface area contributed by atoms with Gasteiger partial charge in [0.05, 0.1) is 6.54 Å². The number of aromatic nitrogens is 4. The molecule has 0 saturated carbocycles. The summed E-state index contributed by atoms with van der Waals surface area (Å²) in [7, 11) is 0. The summed E-state index contributed by atoms with van der Waals surface area (Å²) in [4.78, 5) is 28.6. The normalized spacial score (nSPS) is 16.6. The highest BCUT2D eigenvalue weighted by Crippen LogP contribution is 2.16. The molecule has 3 rings (SSSR count). The number of nitrogens with one attached hydrogen (secondary N) is 2. The van der Waals surface area contributed by atoms with Crippen molar-refractivity contribution in [2.24, 2.45) is 5.92 Å². The summed E-state index contributed by atoms with van der Waals surface area (Å²) in [6.45, 7) is 5.07. The maximum atomic E-state index is 12.3. The van der Waals surface area contributed by atoms with Gasteiger partial charge in [-0.05, 0) is 30.0 Å². The molecule has 8 nitrogen and oxygen atoms in total. The van der Waals surface area contributed by atoms with Crippen molar-refractivity contribution in [1.82, 2.24) is 30.6 Å². The van der Waals surface area contributed by atoms with E-state index < -0.39 is 5.91 Å². The minimum atomic E-state index is -0.412. The summed E-state index contributed by atoms with van der Waals surface area (Å²) >= 11 is 0. The Balaban J connectivity index is 1.71. The number of rotatable bonds is 5. The maximum Gasteiger partial charge on any atom is 0.274 e. The first-order valence-electron chi connectivity index (χ1n) is 7.96. The predicted molar refractivity (Wildman–Crippen MR) is 86.1 cm³/mol. The zero-order valence-electron chi connectivity index (χ0n) is 13.7. The van der Waals surface area contributed by atoms with Crippen molar-refractivity contribution in [1.29, 1.82) is 0 Å². The van der Waals surface area contributed by atoms with Crippen LogP contribution in [0, 0.1) is 5.92 Å². The summed E-state index contributed by atoms with van der Waals surface area (Å²) in [6.07, 6.45) is 4.17. The molecule has 24 heavy (non-hydrogen) atoms. The molecule has 0 unspecified atom stereocenters. The Morgan fingerprint density at radius 1 is 1.42 bits per heavy atom. The fourth-order valence-electron chi connectivity index (χ4n) is 2.80. The first-order valence-corrected chi connectivity index (χ1v) is 7.96. The van der Waals surface area contributed by atoms with Crippen molar-refractivity contribution >= 4 is 11.8 Å². The molecule has 0 aliphatic carbocycles. The standard InChI is InChI=1S/C16H20N6O2/c1-10(2)7-12-9-22-14(16(24)19-12)13(20-21-22)15(23)18-8-11-3-5-17-6-4-11/h3-6,10,12H,7-9H2,1-2H3,(H,18,23)(H,19,24)/t12-/m0/s1. The molecule has 8 heteroatoms. The molecule has 3 heterocycles. The van der Waals surface area contributed by atoms with Gasteiger partial charge in [0.1, 0.15) is 0 Å². The Labute approximate surface area is 139 Å². The zero-order chi connectivity index (χ0) is 17.1. The van der Waals surface area contributed by atoms with Gasteiger partial charge in [-0.2, -0.15) is 0 Å². The van der Waals surface area contributed by atoms with Gasteiger partial charge in [0, 0.05) is 25.0 Å². The topological polar surface area (TPSA) is 102 Å². The number of nitrogens with zero attached hydrogens (tertiary/aromatic N) is 4. The third-order valence-corrected chi connectivity index (χ3v) is 3.85. The lowest BCUT2D eigenvalue weighted by Gasteiger charge is -2.25. The van der Waals surface area contributed by atoms with Crippen molar-refractivity contribution in [3.05, 3.63) is 41.5 Å². The van der Waals surface area contributed by atoms with Gasteiger partial charge < -0.3 is 10.6 Å². The van der Waals surface area contributed by atoms with Gasteiger partial charge in [0.2, 0.25) is 0 Å². The number of fused-ring (bicyclic) bond motifs is 1.